The summed E-state index contributed by atoms with van der Waals surface area (Å²) in [5, 5.41) is 8.53. The summed E-state index contributed by atoms with van der Waals surface area (Å²) < 4.78 is 0. The summed E-state index contributed by atoms with van der Waals surface area (Å²) in [4.78, 5) is 4.25. The highest BCUT2D eigenvalue weighted by Crippen LogP contribution is 2.20. The van der Waals surface area contributed by atoms with Gasteiger partial charge in [-0.25, -0.2) is 5.26 Å². The molecule has 0 atom stereocenters. The molecular formula is C10H14O2. The highest BCUT2D eigenvalue weighted by atomic mass is 17.1. The standard InChI is InChI=1S/C10H14O2/c1-8(2)7-9-5-3-4-6-10(9)12-11/h3-6,8,11H,7H2,1-2H3. The zero-order valence-corrected chi connectivity index (χ0v) is 7.45. The number of rotatable bonds is 3. The first-order chi connectivity index (χ1) is 5.74. The van der Waals surface area contributed by atoms with Crippen LogP contribution in [0.25, 0.3) is 0 Å². The fraction of sp³-hybridized carbons (Fsp3) is 0.400. The molecule has 0 fully saturated rings. The summed E-state index contributed by atoms with van der Waals surface area (Å²) in [6, 6.07) is 7.51. The Balaban J connectivity index is 2.82. The molecule has 0 aromatic heterocycles. The number of hydrogen-bond acceptors (Lipinski definition) is 2. The van der Waals surface area contributed by atoms with Gasteiger partial charge < -0.3 is 4.89 Å². The minimum Gasteiger partial charge on any atom is -0.340 e. The lowest BCUT2D eigenvalue weighted by molar-refractivity contribution is -0.138. The van der Waals surface area contributed by atoms with E-state index in [1.54, 1.807) is 6.07 Å². The number of benzene rings is 1. The largest absolute Gasteiger partial charge is 0.340 e. The Morgan fingerprint density at radius 2 is 2.00 bits per heavy atom. The molecular weight excluding hydrogens is 152 g/mol. The maximum absolute atomic E-state index is 8.53. The first-order valence-corrected chi connectivity index (χ1v) is 4.13. The highest BCUT2D eigenvalue weighted by molar-refractivity contribution is 5.32. The normalized spacial score (nSPS) is 10.3. The third-order valence-corrected chi connectivity index (χ3v) is 1.70. The molecule has 0 saturated heterocycles. The molecule has 0 aliphatic carbocycles. The van der Waals surface area contributed by atoms with Gasteiger partial charge in [0, 0.05) is 0 Å². The summed E-state index contributed by atoms with van der Waals surface area (Å²) in [6.45, 7) is 4.27. The lowest BCUT2D eigenvalue weighted by Gasteiger charge is -2.07. The molecule has 1 N–H and O–H groups in total. The third kappa shape index (κ3) is 2.24. The van der Waals surface area contributed by atoms with Crippen molar-refractivity contribution in [3.05, 3.63) is 29.8 Å². The van der Waals surface area contributed by atoms with Crippen LogP contribution in [0, 0.1) is 5.92 Å². The summed E-state index contributed by atoms with van der Waals surface area (Å²) in [5.41, 5.74) is 1.05. The number of para-hydroxylation sites is 1. The zero-order valence-electron chi connectivity index (χ0n) is 7.45. The molecule has 12 heavy (non-hydrogen) atoms. The van der Waals surface area contributed by atoms with Gasteiger partial charge in [0.05, 0.1) is 0 Å². The fourth-order valence-corrected chi connectivity index (χ4v) is 1.20. The van der Waals surface area contributed by atoms with Crippen molar-refractivity contribution in [1.29, 1.82) is 0 Å². The molecule has 2 heteroatoms. The molecule has 0 spiro atoms. The fourth-order valence-electron chi connectivity index (χ4n) is 1.20. The molecule has 0 bridgehead atoms. The lowest BCUT2D eigenvalue weighted by Crippen LogP contribution is -1.97. The summed E-state index contributed by atoms with van der Waals surface area (Å²) in [6.07, 6.45) is 0.927. The van der Waals surface area contributed by atoms with Crippen LogP contribution in [0.4, 0.5) is 0 Å². The van der Waals surface area contributed by atoms with E-state index in [4.69, 9.17) is 5.26 Å². The van der Waals surface area contributed by atoms with Gasteiger partial charge in [-0.1, -0.05) is 32.0 Å². The maximum Gasteiger partial charge on any atom is 0.168 e. The van der Waals surface area contributed by atoms with E-state index in [-0.39, 0.29) is 0 Å². The average molecular weight is 166 g/mol. The van der Waals surface area contributed by atoms with Gasteiger partial charge in [0.1, 0.15) is 0 Å². The molecule has 0 aliphatic heterocycles. The topological polar surface area (TPSA) is 29.5 Å². The second kappa shape index (κ2) is 4.12. The molecule has 0 aliphatic rings. The second-order valence-electron chi connectivity index (χ2n) is 3.30. The SMILES string of the molecule is CC(C)Cc1ccccc1OO. The van der Waals surface area contributed by atoms with Gasteiger partial charge in [0.25, 0.3) is 0 Å². The lowest BCUT2D eigenvalue weighted by atomic mass is 10.0. The molecule has 1 rings (SSSR count). The Hall–Kier alpha value is -1.02. The van der Waals surface area contributed by atoms with Crippen LogP contribution in [0.1, 0.15) is 19.4 Å². The van der Waals surface area contributed by atoms with Crippen molar-refractivity contribution in [3.8, 4) is 5.75 Å². The van der Waals surface area contributed by atoms with E-state index in [1.807, 2.05) is 18.2 Å². The van der Waals surface area contributed by atoms with Crippen molar-refractivity contribution in [1.82, 2.24) is 0 Å². The monoisotopic (exact) mass is 166 g/mol. The predicted molar refractivity (Wildman–Crippen MR) is 48.2 cm³/mol. The zero-order chi connectivity index (χ0) is 8.97. The van der Waals surface area contributed by atoms with E-state index in [1.165, 1.54) is 0 Å². The maximum atomic E-state index is 8.53. The van der Waals surface area contributed by atoms with E-state index in [0.29, 0.717) is 11.7 Å². The van der Waals surface area contributed by atoms with Gasteiger partial charge >= 0.3 is 0 Å². The number of hydrogen-bond donors (Lipinski definition) is 1. The van der Waals surface area contributed by atoms with E-state index < -0.39 is 0 Å². The molecule has 0 radical (unpaired) electrons. The molecule has 0 saturated carbocycles. The van der Waals surface area contributed by atoms with Crippen molar-refractivity contribution >= 4 is 0 Å². The van der Waals surface area contributed by atoms with E-state index in [2.05, 4.69) is 18.7 Å². The molecule has 1 aromatic carbocycles. The van der Waals surface area contributed by atoms with Crippen LogP contribution < -0.4 is 4.89 Å². The van der Waals surface area contributed by atoms with Crippen LogP contribution >= 0.6 is 0 Å². The van der Waals surface area contributed by atoms with Gasteiger partial charge in [-0.3, -0.25) is 0 Å². The summed E-state index contributed by atoms with van der Waals surface area (Å²) in [5.74, 6) is 1.13. The molecule has 0 amide bonds. The molecule has 0 unspecified atom stereocenters. The summed E-state index contributed by atoms with van der Waals surface area (Å²) >= 11 is 0. The first kappa shape index (κ1) is 9.07. The molecule has 2 nitrogen and oxygen atoms in total. The Morgan fingerprint density at radius 1 is 1.33 bits per heavy atom. The molecule has 1 aromatic rings. The van der Waals surface area contributed by atoms with Gasteiger partial charge in [-0.15, -0.1) is 0 Å². The van der Waals surface area contributed by atoms with Crippen molar-refractivity contribution in [2.24, 2.45) is 5.92 Å². The minimum atomic E-state index is 0.561. The van der Waals surface area contributed by atoms with E-state index in [9.17, 15) is 0 Å². The van der Waals surface area contributed by atoms with Crippen LogP contribution in [0.3, 0.4) is 0 Å². The van der Waals surface area contributed by atoms with Gasteiger partial charge in [-0.2, -0.15) is 0 Å². The van der Waals surface area contributed by atoms with Crippen molar-refractivity contribution in [2.45, 2.75) is 20.3 Å². The smallest absolute Gasteiger partial charge is 0.168 e. The second-order valence-corrected chi connectivity index (χ2v) is 3.30. The van der Waals surface area contributed by atoms with Crippen molar-refractivity contribution in [2.75, 3.05) is 0 Å². The van der Waals surface area contributed by atoms with E-state index >= 15 is 0 Å². The van der Waals surface area contributed by atoms with E-state index in [0.717, 1.165) is 12.0 Å². The van der Waals surface area contributed by atoms with Crippen LogP contribution in [0.15, 0.2) is 24.3 Å². The third-order valence-electron chi connectivity index (χ3n) is 1.70. The van der Waals surface area contributed by atoms with Gasteiger partial charge in [0.2, 0.25) is 0 Å². The van der Waals surface area contributed by atoms with Crippen molar-refractivity contribution < 1.29 is 10.1 Å². The van der Waals surface area contributed by atoms with Crippen molar-refractivity contribution in [3.63, 3.8) is 0 Å². The van der Waals surface area contributed by atoms with Gasteiger partial charge in [0.15, 0.2) is 5.75 Å². The predicted octanol–water partition coefficient (Wildman–Crippen LogP) is 2.74. The van der Waals surface area contributed by atoms with Crippen LogP contribution in [-0.2, 0) is 6.42 Å². The molecule has 66 valence electrons. The minimum absolute atomic E-state index is 0.561. The average Bonchev–Trinajstić information content (AvgIpc) is 2.04. The van der Waals surface area contributed by atoms with Crippen LogP contribution in [0.5, 0.6) is 5.75 Å². The highest BCUT2D eigenvalue weighted by Gasteiger charge is 2.04. The van der Waals surface area contributed by atoms with Gasteiger partial charge in [-0.05, 0) is 24.0 Å². The Labute approximate surface area is 72.7 Å². The Kier molecular flexibility index (Phi) is 3.11. The Morgan fingerprint density at radius 3 is 2.58 bits per heavy atom. The summed E-state index contributed by atoms with van der Waals surface area (Å²) in [7, 11) is 0. The Bertz CT molecular complexity index is 243. The first-order valence-electron chi connectivity index (χ1n) is 4.13. The van der Waals surface area contributed by atoms with Crippen LogP contribution in [-0.4, -0.2) is 5.26 Å². The molecule has 0 heterocycles. The quantitative estimate of drug-likeness (QED) is 0.552. The van der Waals surface area contributed by atoms with Crippen LogP contribution in [0.2, 0.25) is 0 Å².